The molecule has 3 aliphatic rings. The van der Waals surface area contributed by atoms with Gasteiger partial charge >= 0.3 is 0 Å². The molecule has 0 saturated carbocycles. The molecule has 1 unspecified atom stereocenters. The van der Waals surface area contributed by atoms with Gasteiger partial charge in [-0.05, 0) is 108 Å². The van der Waals surface area contributed by atoms with E-state index in [9.17, 15) is 23.3 Å². The highest BCUT2D eigenvalue weighted by Crippen LogP contribution is 2.44. The van der Waals surface area contributed by atoms with Gasteiger partial charge in [-0.2, -0.15) is 0 Å². The number of halogens is 2. The van der Waals surface area contributed by atoms with E-state index in [2.05, 4.69) is 63.2 Å². The molecule has 3 N–H and O–H groups in total. The average molecular weight is 882 g/mol. The van der Waals surface area contributed by atoms with Crippen molar-refractivity contribution >= 4 is 55.5 Å². The topological polar surface area (TPSA) is 163 Å². The summed E-state index contributed by atoms with van der Waals surface area (Å²) >= 11 is 6.23. The van der Waals surface area contributed by atoms with Gasteiger partial charge in [-0.25, -0.2) is 22.5 Å². The number of hydrogen-bond donors (Lipinski definition) is 3. The van der Waals surface area contributed by atoms with E-state index in [0.717, 1.165) is 61.9 Å². The van der Waals surface area contributed by atoms with E-state index in [-0.39, 0.29) is 41.2 Å². The van der Waals surface area contributed by atoms with Crippen LogP contribution in [0.1, 0.15) is 79.8 Å². The number of allylic oxidation sites excluding steroid dienone is 2. The van der Waals surface area contributed by atoms with Gasteiger partial charge in [-0.3, -0.25) is 14.9 Å². The van der Waals surface area contributed by atoms with Crippen LogP contribution in [-0.2, 0) is 10.0 Å². The predicted molar refractivity (Wildman–Crippen MR) is 239 cm³/mol. The monoisotopic (exact) mass is 881 g/mol. The summed E-state index contributed by atoms with van der Waals surface area (Å²) in [6.07, 6.45) is 11.6. The van der Waals surface area contributed by atoms with Gasteiger partial charge in [0.1, 0.15) is 22.8 Å². The maximum Gasteiger partial charge on any atom is 0.293 e. The van der Waals surface area contributed by atoms with Crippen LogP contribution in [0.2, 0.25) is 5.02 Å². The molecule has 2 aromatic heterocycles. The first-order valence-electron chi connectivity index (χ1n) is 20.7. The Labute approximate surface area is 365 Å². The molecule has 1 saturated heterocycles. The van der Waals surface area contributed by atoms with Crippen molar-refractivity contribution in [2.24, 2.45) is 5.41 Å². The van der Waals surface area contributed by atoms with E-state index in [1.54, 1.807) is 24.4 Å². The molecule has 0 bridgehead atoms. The number of carbonyl (C=O) groups is 1. The van der Waals surface area contributed by atoms with Crippen molar-refractivity contribution in [3.8, 4) is 11.5 Å². The lowest BCUT2D eigenvalue weighted by Gasteiger charge is -2.39. The molecule has 62 heavy (non-hydrogen) atoms. The number of nitrogens with one attached hydrogen (secondary N) is 3. The van der Waals surface area contributed by atoms with Crippen LogP contribution in [-0.4, -0.2) is 73.1 Å². The van der Waals surface area contributed by atoms with Crippen LogP contribution in [0.4, 0.5) is 15.8 Å². The number of pyridine rings is 1. The number of carbonyl (C=O) groups excluding carboxylic acids is 1. The Balaban J connectivity index is 1.05. The third-order valence-electron chi connectivity index (χ3n) is 12.3. The van der Waals surface area contributed by atoms with E-state index < -0.39 is 37.2 Å². The third-order valence-corrected chi connectivity index (χ3v) is 13.9. The minimum absolute atomic E-state index is 0.0275. The third kappa shape index (κ3) is 9.20. The van der Waals surface area contributed by atoms with Crippen LogP contribution in [0.3, 0.4) is 0 Å². The van der Waals surface area contributed by atoms with Crippen molar-refractivity contribution in [3.63, 3.8) is 0 Å². The Hall–Kier alpha value is -5.77. The number of amides is 1. The summed E-state index contributed by atoms with van der Waals surface area (Å²) in [7, 11) is -3.25. The van der Waals surface area contributed by atoms with Gasteiger partial charge in [0, 0.05) is 74.7 Å². The molecule has 13 nitrogen and oxygen atoms in total. The zero-order valence-electron chi connectivity index (χ0n) is 34.8. The number of ether oxygens (including phenoxy) is 1. The summed E-state index contributed by atoms with van der Waals surface area (Å²) in [6.45, 7) is 7.01. The molecule has 1 amide bonds. The Bertz CT molecular complexity index is 2700. The number of fused-ring (bicyclic) bond motifs is 1. The van der Waals surface area contributed by atoms with Gasteiger partial charge in [0.25, 0.3) is 21.6 Å². The largest absolute Gasteiger partial charge is 0.455 e. The SMILES string of the molecule is CN(c1ccc(S(=O)(=O)NC(=O)c2ccc(C3C=CN(CC4=C(c5ccc(Cl)cc5)CC(C)(C)CC4)CC3)cc2Oc2cnc3[nH]ccc3c2)cc1[N+](=O)[O-])C1(F)CCNCC1. The van der Waals surface area contributed by atoms with Gasteiger partial charge in [-0.15, -0.1) is 0 Å². The summed E-state index contributed by atoms with van der Waals surface area (Å²) in [5, 5.41) is 16.8. The van der Waals surface area contributed by atoms with Gasteiger partial charge < -0.3 is 24.8 Å². The van der Waals surface area contributed by atoms with Crippen molar-refractivity contribution < 1.29 is 27.3 Å². The summed E-state index contributed by atoms with van der Waals surface area (Å²) in [5.41, 5.74) is 4.94. The summed E-state index contributed by atoms with van der Waals surface area (Å²) < 4.78 is 51.7. The van der Waals surface area contributed by atoms with Crippen LogP contribution in [0.15, 0.2) is 108 Å². The molecule has 324 valence electrons. The van der Waals surface area contributed by atoms with Crippen molar-refractivity contribution in [2.45, 2.75) is 69.0 Å². The van der Waals surface area contributed by atoms with Crippen LogP contribution in [0.5, 0.6) is 11.5 Å². The number of rotatable bonds is 12. The second-order valence-corrected chi connectivity index (χ2v) is 19.3. The first kappa shape index (κ1) is 42.9. The fourth-order valence-electron chi connectivity index (χ4n) is 8.66. The number of H-pyrrole nitrogens is 1. The van der Waals surface area contributed by atoms with Gasteiger partial charge in [0.15, 0.2) is 5.79 Å². The zero-order chi connectivity index (χ0) is 43.8. The molecule has 8 rings (SSSR count). The second kappa shape index (κ2) is 17.2. The van der Waals surface area contributed by atoms with Crippen molar-refractivity contribution in [2.75, 3.05) is 38.1 Å². The fraction of sp³-hybridized carbons (Fsp3) is 0.348. The first-order valence-corrected chi connectivity index (χ1v) is 22.6. The number of sulfonamides is 1. The Morgan fingerprint density at radius 2 is 1.85 bits per heavy atom. The maximum absolute atomic E-state index is 15.9. The minimum atomic E-state index is -4.66. The normalized spacial score (nSPS) is 18.7. The Kier molecular flexibility index (Phi) is 11.9. The summed E-state index contributed by atoms with van der Waals surface area (Å²) in [4.78, 5) is 35.8. The van der Waals surface area contributed by atoms with Crippen molar-refractivity contribution in [1.82, 2.24) is 24.9 Å². The number of nitrogens with zero attached hydrogens (tertiary/aromatic N) is 4. The zero-order valence-corrected chi connectivity index (χ0v) is 36.4. The quantitative estimate of drug-likeness (QED) is 0.0625. The minimum Gasteiger partial charge on any atom is -0.455 e. The number of piperidine rings is 1. The molecule has 5 aromatic rings. The van der Waals surface area contributed by atoms with E-state index in [1.807, 2.05) is 18.2 Å². The lowest BCUT2D eigenvalue weighted by Crippen LogP contribution is -2.50. The van der Waals surface area contributed by atoms with Gasteiger partial charge in [0.05, 0.1) is 21.6 Å². The van der Waals surface area contributed by atoms with E-state index >= 15 is 4.39 Å². The van der Waals surface area contributed by atoms with Crippen molar-refractivity contribution in [1.29, 1.82) is 0 Å². The average Bonchev–Trinajstić information content (AvgIpc) is 3.72. The van der Waals surface area contributed by atoms with E-state index in [0.29, 0.717) is 29.5 Å². The number of anilines is 1. The van der Waals surface area contributed by atoms with Crippen LogP contribution < -0.4 is 19.7 Å². The lowest BCUT2D eigenvalue weighted by molar-refractivity contribution is -0.384. The number of alkyl halides is 1. The second-order valence-electron chi connectivity index (χ2n) is 17.2. The van der Waals surface area contributed by atoms with Crippen LogP contribution in [0, 0.1) is 15.5 Å². The number of hydrogen-bond acceptors (Lipinski definition) is 10. The number of nitro benzene ring substituents is 1. The summed E-state index contributed by atoms with van der Waals surface area (Å²) in [6, 6.07) is 19.9. The van der Waals surface area contributed by atoms with E-state index in [1.165, 1.54) is 47.0 Å². The standard InChI is InChI=1S/C46H49ClFN7O6S/c1-45(2)16-12-34(39(27-45)31-4-7-35(47)8-5-31)29-54-22-14-30(15-23-54)32-6-10-38(42(25-32)61-36-24-33-13-19-50-43(33)51-28-36)44(56)52-62(59,60)37-9-11-40(41(26-37)55(57)58)53(3)46(48)17-20-49-21-18-46/h4-11,13-14,19,22,24-26,28,30,49H,12,15-18,20-21,23,27,29H2,1-3H3,(H,50,51)(H,52,56). The van der Waals surface area contributed by atoms with Crippen LogP contribution in [0.25, 0.3) is 16.6 Å². The van der Waals surface area contributed by atoms with Crippen LogP contribution >= 0.6 is 11.6 Å². The molecule has 0 radical (unpaired) electrons. The molecule has 1 aliphatic carbocycles. The predicted octanol–water partition coefficient (Wildman–Crippen LogP) is 9.49. The molecule has 0 spiro atoms. The lowest BCUT2D eigenvalue weighted by atomic mass is 9.72. The molecule has 1 fully saturated rings. The smallest absolute Gasteiger partial charge is 0.293 e. The highest BCUT2D eigenvalue weighted by molar-refractivity contribution is 7.90. The fourth-order valence-corrected chi connectivity index (χ4v) is 9.77. The Morgan fingerprint density at radius 3 is 2.58 bits per heavy atom. The molecule has 16 heteroatoms. The molecule has 3 aromatic carbocycles. The maximum atomic E-state index is 15.9. The molecule has 4 heterocycles. The summed E-state index contributed by atoms with van der Waals surface area (Å²) in [5.74, 6) is -2.47. The highest BCUT2D eigenvalue weighted by Gasteiger charge is 2.39. The van der Waals surface area contributed by atoms with Gasteiger partial charge in [0.2, 0.25) is 0 Å². The number of aromatic nitrogens is 2. The van der Waals surface area contributed by atoms with E-state index in [4.69, 9.17) is 16.3 Å². The number of benzene rings is 3. The number of nitro groups is 1. The van der Waals surface area contributed by atoms with Gasteiger partial charge in [-0.1, -0.05) is 49.7 Å². The molecule has 1 atom stereocenters. The molecular formula is C46H49ClFN7O6S. The Morgan fingerprint density at radius 1 is 1.08 bits per heavy atom. The molecule has 2 aliphatic heterocycles. The highest BCUT2D eigenvalue weighted by atomic mass is 35.5. The number of aromatic amines is 1. The molecular weight excluding hydrogens is 833 g/mol. The van der Waals surface area contributed by atoms with Crippen molar-refractivity contribution in [3.05, 3.63) is 135 Å². The first-order chi connectivity index (χ1) is 29.6.